The number of carbonyl (C=O) groups excluding carboxylic acids is 1. The number of rotatable bonds is 44. The second-order valence-electron chi connectivity index (χ2n) is 16.2. The summed E-state index contributed by atoms with van der Waals surface area (Å²) in [6.07, 6.45) is 0.915. The van der Waals surface area contributed by atoms with E-state index < -0.39 is 108 Å². The maximum Gasteiger partial charge on any atom is 0.276 e. The highest BCUT2D eigenvalue weighted by Crippen LogP contribution is 2.20. The third kappa shape index (κ3) is 26.6. The zero-order valence-electron chi connectivity index (χ0n) is 37.8. The minimum atomic E-state index is -2.80. The number of nitrogens with one attached hydrogen (secondary N) is 12. The Labute approximate surface area is 440 Å². The van der Waals surface area contributed by atoms with Gasteiger partial charge in [-0.3, -0.25) is 47.3 Å². The molecule has 13 nitrogen and oxygen atoms in total. The Kier molecular flexibility index (Phi) is 34.2. The summed E-state index contributed by atoms with van der Waals surface area (Å²) in [6.45, 7) is -3.43. The van der Waals surface area contributed by atoms with E-state index in [0.29, 0.717) is 6.42 Å². The lowest BCUT2D eigenvalue weighted by atomic mass is 10.1. The highest BCUT2D eigenvalue weighted by atomic mass is 32.1. The third-order valence-electron chi connectivity index (χ3n) is 10.2. The number of hydrogen-bond donors (Lipinski definition) is 21. The predicted molar refractivity (Wildman–Crippen MR) is 286 cm³/mol. The van der Waals surface area contributed by atoms with Crippen LogP contribution in [0.5, 0.6) is 0 Å². The Morgan fingerprint density at radius 3 is 1.04 bits per heavy atom. The van der Waals surface area contributed by atoms with E-state index in [2.05, 4.69) is 172 Å². The number of hydrogen-bond acceptors (Lipinski definition) is 21. The number of carbonyl (C=O) groups is 1. The topological polar surface area (TPSA) is 161 Å². The summed E-state index contributed by atoms with van der Waals surface area (Å²) in [5.74, 6) is -26.0. The molecular formula is C36H75F9N12OS9. The molecule has 0 fully saturated rings. The van der Waals surface area contributed by atoms with Crippen LogP contribution < -0.4 is 63.8 Å². The van der Waals surface area contributed by atoms with E-state index in [4.69, 9.17) is 0 Å². The zero-order valence-corrected chi connectivity index (χ0v) is 45.9. The van der Waals surface area contributed by atoms with Crippen LogP contribution in [0.4, 0.5) is 39.5 Å². The fraction of sp³-hybridized carbons (Fsp3) is 0.972. The molecule has 0 saturated carbocycles. The molecule has 0 aliphatic rings. The summed E-state index contributed by atoms with van der Waals surface area (Å²) in [4.78, 5) is 12.8. The molecule has 9 atom stereocenters. The highest BCUT2D eigenvalue weighted by molar-refractivity contribution is 7.81. The quantitative estimate of drug-likeness (QED) is 0.0184. The van der Waals surface area contributed by atoms with Gasteiger partial charge < -0.3 is 21.3 Å². The molecule has 0 aromatic heterocycles. The van der Waals surface area contributed by atoms with Crippen LogP contribution >= 0.6 is 114 Å². The number of halogens is 9. The van der Waals surface area contributed by atoms with Crippen LogP contribution in [0.1, 0.15) is 19.3 Å². The van der Waals surface area contributed by atoms with Crippen molar-refractivity contribution in [2.24, 2.45) is 0 Å². The molecular weight excluding hydrogens is 1080 g/mol. The van der Waals surface area contributed by atoms with Gasteiger partial charge in [0.25, 0.3) is 5.91 Å². The Hall–Kier alpha value is 1.55. The van der Waals surface area contributed by atoms with Crippen LogP contribution in [0.15, 0.2) is 0 Å². The second kappa shape index (κ2) is 33.5. The normalized spacial score (nSPS) is 20.5. The largest absolute Gasteiger partial charge is 0.318 e. The van der Waals surface area contributed by atoms with E-state index in [1.54, 1.807) is 0 Å². The fourth-order valence-electron chi connectivity index (χ4n) is 5.45. The molecule has 1 amide bonds. The predicted octanol–water partition coefficient (Wildman–Crippen LogP) is 1.38. The Bertz CT molecular complexity index is 1370. The molecule has 0 aromatic rings. The summed E-state index contributed by atoms with van der Waals surface area (Å²) in [7, 11) is 2.84. The van der Waals surface area contributed by atoms with Crippen LogP contribution in [0.25, 0.3) is 0 Å². The van der Waals surface area contributed by atoms with Gasteiger partial charge in [0.05, 0.1) is 6.54 Å². The lowest BCUT2D eigenvalue weighted by Gasteiger charge is -2.34. The first-order chi connectivity index (χ1) is 31.2. The minimum Gasteiger partial charge on any atom is -0.318 e. The maximum absolute atomic E-state index is 15.8. The van der Waals surface area contributed by atoms with E-state index in [-0.39, 0.29) is 93.2 Å². The molecule has 0 heterocycles. The van der Waals surface area contributed by atoms with Gasteiger partial charge in [0.1, 0.15) is 0 Å². The molecule has 0 aromatic carbocycles. The molecule has 0 aliphatic carbocycles. The number of alkyl halides is 9. The number of likely N-dealkylation sites (N-methyl/N-ethyl adjacent to an activating group) is 2. The summed E-state index contributed by atoms with van der Waals surface area (Å²) >= 11 is 35.8. The van der Waals surface area contributed by atoms with E-state index in [1.807, 2.05) is 5.32 Å². The van der Waals surface area contributed by atoms with Crippen LogP contribution in [0, 0.1) is 0 Å². The summed E-state index contributed by atoms with van der Waals surface area (Å²) in [6, 6.07) is 0. The van der Waals surface area contributed by atoms with Crippen molar-refractivity contribution >= 4 is 120 Å². The van der Waals surface area contributed by atoms with Crippen molar-refractivity contribution in [2.45, 2.75) is 71.4 Å². The van der Waals surface area contributed by atoms with Crippen molar-refractivity contribution in [3.63, 3.8) is 0 Å². The summed E-state index contributed by atoms with van der Waals surface area (Å²) in [5, 5.41) is 29.8. The molecule has 0 bridgehead atoms. The Morgan fingerprint density at radius 2 is 0.672 bits per heavy atom. The summed E-state index contributed by atoms with van der Waals surface area (Å²) < 4.78 is 138. The van der Waals surface area contributed by atoms with E-state index in [9.17, 15) is 13.6 Å². The monoisotopic (exact) mass is 1150 g/mol. The van der Waals surface area contributed by atoms with Crippen molar-refractivity contribution < 1.29 is 44.3 Å². The van der Waals surface area contributed by atoms with Gasteiger partial charge in [-0.2, -0.15) is 114 Å². The zero-order chi connectivity index (χ0) is 51.5. The molecule has 0 spiro atoms. The van der Waals surface area contributed by atoms with Gasteiger partial charge in [-0.05, 0) is 59.5 Å². The number of amides is 1. The molecule has 31 heteroatoms. The minimum absolute atomic E-state index is 0.0523. The van der Waals surface area contributed by atoms with Gasteiger partial charge in [-0.15, -0.1) is 0 Å². The molecule has 0 radical (unpaired) electrons. The van der Waals surface area contributed by atoms with Crippen molar-refractivity contribution in [2.75, 3.05) is 144 Å². The number of thiol groups is 9. The maximum atomic E-state index is 15.8. The average molecular weight is 1150 g/mol. The van der Waals surface area contributed by atoms with Gasteiger partial charge in [0, 0.05) is 97.6 Å². The molecule has 0 saturated heterocycles. The highest BCUT2D eigenvalue weighted by Gasteiger charge is 2.44. The van der Waals surface area contributed by atoms with Gasteiger partial charge >= 0.3 is 0 Å². The molecule has 67 heavy (non-hydrogen) atoms. The van der Waals surface area contributed by atoms with Crippen molar-refractivity contribution in [1.82, 2.24) is 63.8 Å². The second-order valence-corrected chi connectivity index (χ2v) is 19.1. The third-order valence-corrected chi connectivity index (χ3v) is 14.7. The van der Waals surface area contributed by atoms with Crippen LogP contribution in [-0.2, 0) is 4.79 Å². The van der Waals surface area contributed by atoms with Crippen molar-refractivity contribution in [3.05, 3.63) is 0 Å². The van der Waals surface area contributed by atoms with Gasteiger partial charge in [0.15, 0.2) is 40.5 Å². The SMILES string of the molecule is CNC[C@@](F)(CS)NC[C@@](F)(CS)NC(=O)[C@@](F)(CS)NCCCCNC[C@@](F)(CS)NC[C@@](F)(CS)NC[C@@](F)(CS)NCCCNC[C@@](F)(CS)NCC(F)(CS)NC[C@@](F)(CS)NC. The molecule has 0 aliphatic heterocycles. The van der Waals surface area contributed by atoms with E-state index >= 15 is 30.7 Å². The van der Waals surface area contributed by atoms with Crippen LogP contribution in [0.2, 0.25) is 0 Å². The van der Waals surface area contributed by atoms with E-state index in [0.717, 1.165) is 0 Å². The Balaban J connectivity index is 4.90. The van der Waals surface area contributed by atoms with Gasteiger partial charge in [-0.1, -0.05) is 0 Å². The van der Waals surface area contributed by atoms with E-state index in [1.165, 1.54) is 14.1 Å². The first-order valence-corrected chi connectivity index (χ1v) is 26.9. The van der Waals surface area contributed by atoms with Crippen LogP contribution in [0.3, 0.4) is 0 Å². The molecule has 402 valence electrons. The summed E-state index contributed by atoms with van der Waals surface area (Å²) in [5.41, 5.74) is 0. The molecule has 1 unspecified atom stereocenters. The smallest absolute Gasteiger partial charge is 0.276 e. The molecule has 0 rings (SSSR count). The fourth-order valence-corrected chi connectivity index (χ4v) is 7.51. The van der Waals surface area contributed by atoms with Crippen molar-refractivity contribution in [3.8, 4) is 0 Å². The standard InChI is InChI=1S/C36H75F9N12OS9/c1-46-10-29(38,19-60)56-17-35(44,25-66)57-27(58)36(45,26-67)51-8-4-3-6-48-11-30(39,20-61)54-16-34(43,24-65)55-14-32(41,22-63)50-9-5-7-49-12-31(40,21-62)53-15-33(42,23-64)52-13-28(37,18-59)47-2/h46-56,59-67H,3-26H2,1-2H3,(H,57,58)/t28-,29-,30-,31-,32-,33?,34-,35-,36+/m0/s1. The lowest BCUT2D eigenvalue weighted by Crippen LogP contribution is -2.64. The first-order valence-electron chi connectivity index (χ1n) is 21.3. The van der Waals surface area contributed by atoms with Crippen LogP contribution in [-0.4, -0.2) is 202 Å². The average Bonchev–Trinajstić information content (AvgIpc) is 3.33. The molecule has 12 N–H and O–H groups in total. The van der Waals surface area contributed by atoms with Gasteiger partial charge in [0.2, 0.25) is 11.6 Å². The number of unbranched alkanes of at least 4 members (excludes halogenated alkanes) is 1. The van der Waals surface area contributed by atoms with Gasteiger partial charge in [-0.25, -0.2) is 39.5 Å². The lowest BCUT2D eigenvalue weighted by molar-refractivity contribution is -0.137. The Morgan fingerprint density at radius 1 is 0.358 bits per heavy atom. The first kappa shape index (κ1) is 68.6. The van der Waals surface area contributed by atoms with Crippen molar-refractivity contribution in [1.29, 1.82) is 0 Å².